The maximum absolute atomic E-state index is 11.4. The zero-order valence-electron chi connectivity index (χ0n) is 10.5. The molecule has 0 radical (unpaired) electrons. The highest BCUT2D eigenvalue weighted by molar-refractivity contribution is 7.91. The lowest BCUT2D eigenvalue weighted by Gasteiger charge is -2.25. The summed E-state index contributed by atoms with van der Waals surface area (Å²) in [6, 6.07) is -0.0469. The van der Waals surface area contributed by atoms with Crippen molar-refractivity contribution in [1.29, 1.82) is 0 Å². The van der Waals surface area contributed by atoms with Gasteiger partial charge in [0.05, 0.1) is 24.0 Å². The minimum Gasteiger partial charge on any atom is -0.381 e. The van der Waals surface area contributed by atoms with Crippen molar-refractivity contribution in [3.05, 3.63) is 11.7 Å². The summed E-state index contributed by atoms with van der Waals surface area (Å²) in [4.78, 5) is 4.33. The molecular formula is C11H17N3O4S. The largest absolute Gasteiger partial charge is 0.381 e. The summed E-state index contributed by atoms with van der Waals surface area (Å²) in [5.41, 5.74) is 6.01. The van der Waals surface area contributed by atoms with Gasteiger partial charge in [0.25, 0.3) is 0 Å². The molecule has 0 aliphatic carbocycles. The van der Waals surface area contributed by atoms with Gasteiger partial charge >= 0.3 is 0 Å². The molecule has 2 saturated heterocycles. The molecule has 2 aliphatic rings. The monoisotopic (exact) mass is 287 g/mol. The quantitative estimate of drug-likeness (QED) is 0.802. The SMILES string of the molecule is NC1CCOCC1c1nc(C2CCS(=O)(=O)C2)no1. The number of rotatable bonds is 2. The second-order valence-corrected chi connectivity index (χ2v) is 7.45. The fourth-order valence-electron chi connectivity index (χ4n) is 2.57. The Morgan fingerprint density at radius 2 is 2.16 bits per heavy atom. The molecule has 2 fully saturated rings. The first-order chi connectivity index (χ1) is 9.05. The third kappa shape index (κ3) is 2.65. The molecule has 3 unspecified atom stereocenters. The van der Waals surface area contributed by atoms with Gasteiger partial charge in [0.15, 0.2) is 15.7 Å². The standard InChI is InChI=1S/C11H17N3O4S/c12-9-1-3-17-5-8(9)11-13-10(14-18-11)7-2-4-19(15,16)6-7/h7-9H,1-6,12H2. The van der Waals surface area contributed by atoms with Crippen LogP contribution >= 0.6 is 0 Å². The Morgan fingerprint density at radius 3 is 2.84 bits per heavy atom. The average Bonchev–Trinajstić information content (AvgIpc) is 2.96. The van der Waals surface area contributed by atoms with E-state index in [1.54, 1.807) is 0 Å². The highest BCUT2D eigenvalue weighted by atomic mass is 32.2. The van der Waals surface area contributed by atoms with Crippen molar-refractivity contribution in [2.45, 2.75) is 30.7 Å². The first-order valence-electron chi connectivity index (χ1n) is 6.42. The Bertz CT molecular complexity index is 556. The molecule has 1 aromatic rings. The van der Waals surface area contributed by atoms with Crippen LogP contribution in [-0.4, -0.2) is 49.3 Å². The predicted molar refractivity (Wildman–Crippen MR) is 66.5 cm³/mol. The predicted octanol–water partition coefficient (Wildman–Crippen LogP) is -0.197. The molecule has 7 nitrogen and oxygen atoms in total. The third-order valence-electron chi connectivity index (χ3n) is 3.78. The van der Waals surface area contributed by atoms with Gasteiger partial charge in [-0.15, -0.1) is 0 Å². The molecule has 1 aromatic heterocycles. The number of sulfone groups is 1. The molecule has 0 spiro atoms. The van der Waals surface area contributed by atoms with E-state index in [-0.39, 0.29) is 29.4 Å². The number of nitrogens with zero attached hydrogens (tertiary/aromatic N) is 2. The summed E-state index contributed by atoms with van der Waals surface area (Å²) in [5, 5.41) is 3.91. The third-order valence-corrected chi connectivity index (χ3v) is 5.55. The molecule has 3 atom stereocenters. The van der Waals surface area contributed by atoms with Crippen molar-refractivity contribution in [3.8, 4) is 0 Å². The Balaban J connectivity index is 1.76. The van der Waals surface area contributed by atoms with Gasteiger partial charge in [-0.25, -0.2) is 8.42 Å². The van der Waals surface area contributed by atoms with E-state index in [4.69, 9.17) is 15.0 Å². The van der Waals surface area contributed by atoms with Crippen molar-refractivity contribution >= 4 is 9.84 Å². The number of hydrogen-bond donors (Lipinski definition) is 1. The first kappa shape index (κ1) is 13.0. The van der Waals surface area contributed by atoms with Gasteiger partial charge in [0.2, 0.25) is 5.89 Å². The highest BCUT2D eigenvalue weighted by Gasteiger charge is 2.34. The van der Waals surface area contributed by atoms with E-state index in [0.717, 1.165) is 6.42 Å². The Labute approximate surface area is 111 Å². The van der Waals surface area contributed by atoms with Crippen LogP contribution in [0.2, 0.25) is 0 Å². The van der Waals surface area contributed by atoms with Gasteiger partial charge in [-0.1, -0.05) is 5.16 Å². The van der Waals surface area contributed by atoms with Crippen LogP contribution in [0.25, 0.3) is 0 Å². The molecule has 0 aromatic carbocycles. The molecule has 0 amide bonds. The van der Waals surface area contributed by atoms with E-state index in [9.17, 15) is 8.42 Å². The van der Waals surface area contributed by atoms with E-state index in [2.05, 4.69) is 10.1 Å². The van der Waals surface area contributed by atoms with Gasteiger partial charge in [-0.05, 0) is 12.8 Å². The van der Waals surface area contributed by atoms with Crippen LogP contribution in [0.5, 0.6) is 0 Å². The van der Waals surface area contributed by atoms with Crippen molar-refractivity contribution in [3.63, 3.8) is 0 Å². The Kier molecular flexibility index (Phi) is 3.32. The Morgan fingerprint density at radius 1 is 1.32 bits per heavy atom. The molecule has 0 bridgehead atoms. The fraction of sp³-hybridized carbons (Fsp3) is 0.818. The molecule has 3 rings (SSSR count). The molecule has 19 heavy (non-hydrogen) atoms. The van der Waals surface area contributed by atoms with Crippen molar-refractivity contribution in [2.75, 3.05) is 24.7 Å². The van der Waals surface area contributed by atoms with Crippen LogP contribution in [0.15, 0.2) is 4.52 Å². The number of aromatic nitrogens is 2. The second-order valence-electron chi connectivity index (χ2n) is 5.22. The lowest BCUT2D eigenvalue weighted by molar-refractivity contribution is 0.0590. The van der Waals surface area contributed by atoms with Crippen LogP contribution < -0.4 is 5.73 Å². The Hall–Kier alpha value is -0.990. The highest BCUT2D eigenvalue weighted by Crippen LogP contribution is 2.29. The maximum Gasteiger partial charge on any atom is 0.233 e. The van der Waals surface area contributed by atoms with Gasteiger partial charge < -0.3 is 15.0 Å². The first-order valence-corrected chi connectivity index (χ1v) is 8.24. The molecule has 106 valence electrons. The lowest BCUT2D eigenvalue weighted by atomic mass is 9.96. The molecule has 2 N–H and O–H groups in total. The van der Waals surface area contributed by atoms with E-state index in [1.807, 2.05) is 0 Å². The van der Waals surface area contributed by atoms with Gasteiger partial charge in [-0.2, -0.15) is 4.98 Å². The normalized spacial score (nSPS) is 34.5. The van der Waals surface area contributed by atoms with Crippen molar-refractivity contribution in [2.24, 2.45) is 5.73 Å². The summed E-state index contributed by atoms with van der Waals surface area (Å²) in [6.45, 7) is 1.13. The van der Waals surface area contributed by atoms with Crippen molar-refractivity contribution < 1.29 is 17.7 Å². The molecule has 2 aliphatic heterocycles. The summed E-state index contributed by atoms with van der Waals surface area (Å²) in [6.07, 6.45) is 1.33. The second kappa shape index (κ2) is 4.84. The molecular weight excluding hydrogens is 270 g/mol. The summed E-state index contributed by atoms with van der Waals surface area (Å²) in [7, 11) is -2.94. The van der Waals surface area contributed by atoms with Gasteiger partial charge in [0, 0.05) is 18.6 Å². The molecule has 3 heterocycles. The van der Waals surface area contributed by atoms with E-state index >= 15 is 0 Å². The maximum atomic E-state index is 11.4. The van der Waals surface area contributed by atoms with Crippen molar-refractivity contribution in [1.82, 2.24) is 10.1 Å². The molecule has 8 heteroatoms. The fourth-order valence-corrected chi connectivity index (χ4v) is 4.31. The van der Waals surface area contributed by atoms with Gasteiger partial charge in [-0.3, -0.25) is 0 Å². The summed E-state index contributed by atoms with van der Waals surface area (Å²) in [5.74, 6) is 1.02. The number of nitrogens with two attached hydrogens (primary N) is 1. The zero-order chi connectivity index (χ0) is 13.5. The van der Waals surface area contributed by atoms with Crippen LogP contribution in [0, 0.1) is 0 Å². The van der Waals surface area contributed by atoms with Crippen LogP contribution in [0.3, 0.4) is 0 Å². The minimum absolute atomic E-state index is 0.0469. The minimum atomic E-state index is -2.94. The van der Waals surface area contributed by atoms with Gasteiger partial charge in [0.1, 0.15) is 0 Å². The molecule has 0 saturated carbocycles. The van der Waals surface area contributed by atoms with E-state index in [1.165, 1.54) is 0 Å². The topological polar surface area (TPSA) is 108 Å². The van der Waals surface area contributed by atoms with E-state index in [0.29, 0.717) is 31.3 Å². The van der Waals surface area contributed by atoms with Crippen LogP contribution in [0.1, 0.15) is 36.4 Å². The van der Waals surface area contributed by atoms with E-state index < -0.39 is 9.84 Å². The van der Waals surface area contributed by atoms with Crippen LogP contribution in [0.4, 0.5) is 0 Å². The average molecular weight is 287 g/mol. The smallest absolute Gasteiger partial charge is 0.233 e. The summed E-state index contributed by atoms with van der Waals surface area (Å²) >= 11 is 0. The summed E-state index contributed by atoms with van der Waals surface area (Å²) < 4.78 is 33.5. The number of ether oxygens (including phenoxy) is 1. The number of hydrogen-bond acceptors (Lipinski definition) is 7. The lowest BCUT2D eigenvalue weighted by Crippen LogP contribution is -2.37. The van der Waals surface area contributed by atoms with Crippen LogP contribution in [-0.2, 0) is 14.6 Å². The zero-order valence-corrected chi connectivity index (χ0v) is 11.3.